The maximum atomic E-state index is 14.0. The summed E-state index contributed by atoms with van der Waals surface area (Å²) in [5, 5.41) is 8.12. The highest BCUT2D eigenvalue weighted by atomic mass is 19.1. The van der Waals surface area contributed by atoms with Crippen LogP contribution in [-0.2, 0) is 0 Å². The number of benzene rings is 2. The van der Waals surface area contributed by atoms with Crippen LogP contribution in [0, 0.1) is 11.3 Å². The third kappa shape index (κ3) is 3.80. The molecule has 3 aromatic rings. The maximum Gasteiger partial charge on any atom is 0.258 e. The minimum absolute atomic E-state index is 0.0602. The Labute approximate surface area is 153 Å². The molecule has 7 nitrogen and oxygen atoms in total. The minimum atomic E-state index is -0.663. The molecule has 0 atom stereocenters. The first-order chi connectivity index (χ1) is 13.0. The predicted octanol–water partition coefficient (Wildman–Crippen LogP) is 2.25. The van der Waals surface area contributed by atoms with Crippen molar-refractivity contribution in [2.45, 2.75) is 0 Å². The first-order valence-electron chi connectivity index (χ1n) is 8.10. The van der Waals surface area contributed by atoms with Gasteiger partial charge in [0, 0.05) is 24.7 Å². The van der Waals surface area contributed by atoms with E-state index in [1.165, 1.54) is 30.7 Å². The van der Waals surface area contributed by atoms with Crippen LogP contribution in [0.4, 0.5) is 10.1 Å². The Balaban J connectivity index is 1.93. The number of hydrogen-bond acceptors (Lipinski definition) is 4. The minimum Gasteiger partial charge on any atom is -0.355 e. The van der Waals surface area contributed by atoms with E-state index in [2.05, 4.69) is 15.4 Å². The van der Waals surface area contributed by atoms with Crippen molar-refractivity contribution in [3.8, 4) is 0 Å². The van der Waals surface area contributed by atoms with E-state index in [0.29, 0.717) is 11.2 Å². The fourth-order valence-corrected chi connectivity index (χ4v) is 2.65. The number of H-pyrrole nitrogens is 1. The molecule has 1 heterocycles. The number of pyridine rings is 1. The summed E-state index contributed by atoms with van der Waals surface area (Å²) in [6.45, 7) is 0. The molecule has 0 aliphatic carbocycles. The van der Waals surface area contributed by atoms with Crippen molar-refractivity contribution in [3.05, 3.63) is 82.0 Å². The molecule has 1 aromatic heterocycles. The molecule has 0 saturated heterocycles. The summed E-state index contributed by atoms with van der Waals surface area (Å²) in [6.07, 6.45) is 1.46. The van der Waals surface area contributed by atoms with E-state index in [1.54, 1.807) is 18.2 Å². The van der Waals surface area contributed by atoms with Crippen molar-refractivity contribution in [2.75, 3.05) is 7.05 Å². The third-order valence-electron chi connectivity index (χ3n) is 4.05. The summed E-state index contributed by atoms with van der Waals surface area (Å²) in [4.78, 5) is 26.6. The van der Waals surface area contributed by atoms with E-state index >= 15 is 0 Å². The molecule has 5 N–H and O–H groups in total. The summed E-state index contributed by atoms with van der Waals surface area (Å²) in [6, 6.07) is 13.1. The van der Waals surface area contributed by atoms with E-state index in [9.17, 15) is 14.0 Å². The van der Waals surface area contributed by atoms with Crippen LogP contribution in [0.1, 0.15) is 15.9 Å². The number of carbonyl (C=O) groups is 1. The number of quaternary nitrogens is 1. The van der Waals surface area contributed by atoms with Crippen LogP contribution in [0.25, 0.3) is 16.6 Å². The quantitative estimate of drug-likeness (QED) is 0.410. The van der Waals surface area contributed by atoms with Gasteiger partial charge in [0.25, 0.3) is 11.5 Å². The van der Waals surface area contributed by atoms with Crippen LogP contribution < -0.4 is 16.2 Å². The Hall–Kier alpha value is -3.65. The van der Waals surface area contributed by atoms with Gasteiger partial charge in [0.05, 0.1) is 11.1 Å². The molecule has 27 heavy (non-hydrogen) atoms. The smallest absolute Gasteiger partial charge is 0.258 e. The fraction of sp³-hybridized carbons (Fsp3) is 0.0526. The topological polar surface area (TPSA) is 115 Å². The second-order valence-corrected chi connectivity index (χ2v) is 5.75. The zero-order chi connectivity index (χ0) is 19.4. The first kappa shape index (κ1) is 18.2. The van der Waals surface area contributed by atoms with Crippen molar-refractivity contribution in [1.82, 2.24) is 10.3 Å². The largest absolute Gasteiger partial charge is 0.355 e. The molecule has 0 saturated carbocycles. The number of nitrogens with zero attached hydrogens (tertiary/aromatic N) is 1. The van der Waals surface area contributed by atoms with Gasteiger partial charge < -0.3 is 10.3 Å². The van der Waals surface area contributed by atoms with Crippen LogP contribution in [0.2, 0.25) is 0 Å². The fourth-order valence-electron chi connectivity index (χ4n) is 2.65. The SMILES string of the molecule is CNC(=O)c1ccc([NH2+]C=C(N=N)c2cc3ccccc3[nH]c2=O)cc1F. The van der Waals surface area contributed by atoms with E-state index in [0.717, 1.165) is 5.39 Å². The Morgan fingerprint density at radius 2 is 2.00 bits per heavy atom. The van der Waals surface area contributed by atoms with Crippen LogP contribution in [0.5, 0.6) is 0 Å². The number of nitrogens with one attached hydrogen (secondary N) is 3. The lowest BCUT2D eigenvalue weighted by Gasteiger charge is -2.04. The van der Waals surface area contributed by atoms with Gasteiger partial charge in [-0.1, -0.05) is 18.2 Å². The highest BCUT2D eigenvalue weighted by Crippen LogP contribution is 2.16. The lowest BCUT2D eigenvalue weighted by Crippen LogP contribution is -2.71. The monoisotopic (exact) mass is 366 g/mol. The number of rotatable bonds is 5. The zero-order valence-electron chi connectivity index (χ0n) is 14.4. The molecule has 3 rings (SSSR count). The standard InChI is InChI=1S/C19H16FN5O2/c1-22-18(26)13-7-6-12(9-15(13)20)23-10-17(25-21)14-8-11-4-2-3-5-16(11)24-19(14)27/h2-10,21,23H,1H3,(H,22,26)(H,24,27)/p+1. The summed E-state index contributed by atoms with van der Waals surface area (Å²) >= 11 is 0. The number of amides is 1. The number of fused-ring (bicyclic) bond motifs is 1. The van der Waals surface area contributed by atoms with E-state index in [-0.39, 0.29) is 22.4 Å². The highest BCUT2D eigenvalue weighted by molar-refractivity contribution is 5.94. The predicted molar refractivity (Wildman–Crippen MR) is 99.1 cm³/mol. The summed E-state index contributed by atoms with van der Waals surface area (Å²) < 4.78 is 14.0. The Kier molecular flexibility index (Phi) is 5.18. The molecular formula is C19H17FN5O2+. The van der Waals surface area contributed by atoms with Gasteiger partial charge in [0.2, 0.25) is 0 Å². The molecule has 0 bridgehead atoms. The molecule has 0 fully saturated rings. The number of hydrogen-bond donors (Lipinski definition) is 4. The average molecular weight is 366 g/mol. The molecular weight excluding hydrogens is 349 g/mol. The van der Waals surface area contributed by atoms with Gasteiger partial charge in [0.15, 0.2) is 5.70 Å². The number of para-hydroxylation sites is 1. The van der Waals surface area contributed by atoms with Crippen LogP contribution in [0.15, 0.2) is 64.6 Å². The van der Waals surface area contributed by atoms with Crippen molar-refractivity contribution in [2.24, 2.45) is 5.11 Å². The molecule has 0 aliphatic heterocycles. The first-order valence-corrected chi connectivity index (χ1v) is 8.10. The number of carbonyl (C=O) groups excluding carboxylic acids is 1. The zero-order valence-corrected chi connectivity index (χ0v) is 14.4. The van der Waals surface area contributed by atoms with Crippen LogP contribution in [-0.4, -0.2) is 17.9 Å². The Bertz CT molecular complexity index is 1120. The number of halogens is 1. The van der Waals surface area contributed by atoms with Crippen LogP contribution >= 0.6 is 0 Å². The van der Waals surface area contributed by atoms with Crippen molar-refractivity contribution < 1.29 is 14.5 Å². The van der Waals surface area contributed by atoms with E-state index < -0.39 is 11.7 Å². The summed E-state index contributed by atoms with van der Waals surface area (Å²) in [5.41, 5.74) is 8.48. The average Bonchev–Trinajstić information content (AvgIpc) is 2.68. The van der Waals surface area contributed by atoms with E-state index in [4.69, 9.17) is 5.53 Å². The Morgan fingerprint density at radius 3 is 2.70 bits per heavy atom. The van der Waals surface area contributed by atoms with Gasteiger partial charge in [-0.2, -0.15) is 5.11 Å². The number of nitrogens with two attached hydrogens (primary N) is 1. The molecule has 1 amide bonds. The highest BCUT2D eigenvalue weighted by Gasteiger charge is 2.13. The van der Waals surface area contributed by atoms with Crippen molar-refractivity contribution in [3.63, 3.8) is 0 Å². The number of aromatic amines is 1. The van der Waals surface area contributed by atoms with Gasteiger partial charge in [-0.3, -0.25) is 14.9 Å². The Morgan fingerprint density at radius 1 is 1.22 bits per heavy atom. The van der Waals surface area contributed by atoms with Crippen molar-refractivity contribution in [1.29, 1.82) is 5.53 Å². The molecule has 0 unspecified atom stereocenters. The van der Waals surface area contributed by atoms with Gasteiger partial charge in [-0.05, 0) is 23.6 Å². The molecule has 2 aromatic carbocycles. The normalized spacial score (nSPS) is 11.4. The second-order valence-electron chi connectivity index (χ2n) is 5.75. The molecule has 0 aliphatic rings. The van der Waals surface area contributed by atoms with Gasteiger partial charge in [0.1, 0.15) is 17.7 Å². The molecule has 0 radical (unpaired) electrons. The third-order valence-corrected chi connectivity index (χ3v) is 4.05. The summed E-state index contributed by atoms with van der Waals surface area (Å²) in [7, 11) is 1.42. The molecule has 136 valence electrons. The van der Waals surface area contributed by atoms with Crippen molar-refractivity contribution >= 4 is 28.2 Å². The lowest BCUT2D eigenvalue weighted by molar-refractivity contribution is -0.495. The van der Waals surface area contributed by atoms with Crippen LogP contribution in [0.3, 0.4) is 0 Å². The van der Waals surface area contributed by atoms with Gasteiger partial charge in [-0.15, -0.1) is 0 Å². The molecule has 8 heteroatoms. The van der Waals surface area contributed by atoms with Gasteiger partial charge >= 0.3 is 0 Å². The summed E-state index contributed by atoms with van der Waals surface area (Å²) in [5.74, 6) is -1.18. The van der Waals surface area contributed by atoms with Gasteiger partial charge in [-0.25, -0.2) is 9.92 Å². The second kappa shape index (κ2) is 7.71. The molecule has 0 spiro atoms. The van der Waals surface area contributed by atoms with E-state index in [1.807, 2.05) is 18.2 Å². The maximum absolute atomic E-state index is 14.0. The lowest BCUT2D eigenvalue weighted by atomic mass is 10.1. The number of aromatic nitrogens is 1.